The summed E-state index contributed by atoms with van der Waals surface area (Å²) in [7, 11) is 4.22. The Kier molecular flexibility index (Phi) is 4.73. The van der Waals surface area contributed by atoms with Gasteiger partial charge < -0.3 is 4.90 Å². The molecule has 152 valence electrons. The lowest BCUT2D eigenvalue weighted by molar-refractivity contribution is 0.401. The van der Waals surface area contributed by atoms with E-state index in [-0.39, 0.29) is 11.0 Å². The van der Waals surface area contributed by atoms with Gasteiger partial charge in [0.05, 0.1) is 5.56 Å². The van der Waals surface area contributed by atoms with Crippen LogP contribution in [0.25, 0.3) is 11.6 Å². The van der Waals surface area contributed by atoms with Crippen molar-refractivity contribution < 1.29 is 0 Å². The van der Waals surface area contributed by atoms with Crippen molar-refractivity contribution in [2.75, 3.05) is 31.3 Å². The quantitative estimate of drug-likeness (QED) is 0.602. The van der Waals surface area contributed by atoms with Crippen molar-refractivity contribution in [1.82, 2.24) is 4.58 Å². The van der Waals surface area contributed by atoms with Crippen molar-refractivity contribution in [3.8, 4) is 0 Å². The summed E-state index contributed by atoms with van der Waals surface area (Å²) in [5.41, 5.74) is 8.00. The van der Waals surface area contributed by atoms with Gasteiger partial charge in [-0.2, -0.15) is 12.6 Å². The van der Waals surface area contributed by atoms with Gasteiger partial charge in [-0.15, -0.1) is 0 Å². The van der Waals surface area contributed by atoms with Gasteiger partial charge in [0.25, 0.3) is 0 Å². The van der Waals surface area contributed by atoms with Crippen LogP contribution in [0.15, 0.2) is 36.4 Å². The summed E-state index contributed by atoms with van der Waals surface area (Å²) >= 11 is 4.66. The maximum absolute atomic E-state index is 4.66. The van der Waals surface area contributed by atoms with Crippen LogP contribution in [0.1, 0.15) is 56.9 Å². The maximum atomic E-state index is 4.66. The Hall–Kier alpha value is -2.00. The summed E-state index contributed by atoms with van der Waals surface area (Å²) in [5, 5.41) is 2.68. The van der Waals surface area contributed by atoms with Crippen molar-refractivity contribution in [3.05, 3.63) is 69.2 Å². The van der Waals surface area contributed by atoms with Crippen LogP contribution in [0.4, 0.5) is 5.69 Å². The molecule has 2 nitrogen and oxygen atoms in total. The summed E-state index contributed by atoms with van der Waals surface area (Å²) in [6.07, 6.45) is 4.76. The third kappa shape index (κ3) is 3.06. The van der Waals surface area contributed by atoms with E-state index in [4.69, 9.17) is 0 Å². The smallest absolute Gasteiger partial charge is 0.208 e. The van der Waals surface area contributed by atoms with E-state index in [0.29, 0.717) is 0 Å². The van der Waals surface area contributed by atoms with Crippen LogP contribution in [0.5, 0.6) is 0 Å². The number of fused-ring (bicyclic) bond motifs is 3. The monoisotopic (exact) mass is 405 g/mol. The van der Waals surface area contributed by atoms with Crippen molar-refractivity contribution in [3.63, 3.8) is 0 Å². The van der Waals surface area contributed by atoms with Gasteiger partial charge in [0, 0.05) is 50.9 Å². The second-order valence-electron chi connectivity index (χ2n) is 9.62. The first kappa shape index (κ1) is 20.3. The molecule has 3 heteroatoms. The van der Waals surface area contributed by atoms with E-state index in [1.165, 1.54) is 44.1 Å². The van der Waals surface area contributed by atoms with Gasteiger partial charge in [-0.05, 0) is 64.8 Å². The van der Waals surface area contributed by atoms with E-state index in [2.05, 4.69) is 113 Å². The van der Waals surface area contributed by atoms with Crippen molar-refractivity contribution in [2.24, 2.45) is 0 Å². The highest BCUT2D eigenvalue weighted by atomic mass is 32.1. The third-order valence-corrected chi connectivity index (χ3v) is 7.07. The predicted molar refractivity (Wildman–Crippen MR) is 130 cm³/mol. The molecule has 2 aromatic rings. The average Bonchev–Trinajstić information content (AvgIpc) is 2.66. The van der Waals surface area contributed by atoms with Gasteiger partial charge in [0.1, 0.15) is 6.54 Å². The van der Waals surface area contributed by atoms with Gasteiger partial charge in [-0.1, -0.05) is 19.9 Å². The molecule has 0 amide bonds. The Bertz CT molecular complexity index is 1150. The highest BCUT2D eigenvalue weighted by molar-refractivity contribution is 7.80. The summed E-state index contributed by atoms with van der Waals surface area (Å²) in [5.74, 6) is 0.763. The maximum Gasteiger partial charge on any atom is 0.208 e. The molecule has 0 saturated heterocycles. The zero-order chi connectivity index (χ0) is 21.1. The fourth-order valence-electron chi connectivity index (χ4n) is 5.15. The van der Waals surface area contributed by atoms with Gasteiger partial charge in [0.15, 0.2) is 5.54 Å². The first-order valence-corrected chi connectivity index (χ1v) is 11.2. The lowest BCUT2D eigenvalue weighted by Crippen LogP contribution is -2.50. The Morgan fingerprint density at radius 1 is 1.00 bits per heavy atom. The second kappa shape index (κ2) is 6.77. The Labute approximate surface area is 180 Å². The highest BCUT2D eigenvalue weighted by Crippen LogP contribution is 2.37. The van der Waals surface area contributed by atoms with E-state index in [9.17, 15) is 0 Å². The topological polar surface area (TPSA) is 6.25 Å². The van der Waals surface area contributed by atoms with Gasteiger partial charge in [0.2, 0.25) is 5.36 Å². The highest BCUT2D eigenvalue weighted by Gasteiger charge is 2.36. The molecule has 1 aliphatic carbocycles. The molecule has 0 spiro atoms. The Balaban J connectivity index is 2.08. The van der Waals surface area contributed by atoms with Crippen LogP contribution in [0.3, 0.4) is 0 Å². The molecule has 0 fully saturated rings. The molecule has 0 unspecified atom stereocenters. The predicted octanol–water partition coefficient (Wildman–Crippen LogP) is 3.84. The zero-order valence-corrected chi connectivity index (χ0v) is 19.7. The van der Waals surface area contributed by atoms with Crippen molar-refractivity contribution in [1.29, 1.82) is 0 Å². The summed E-state index contributed by atoms with van der Waals surface area (Å²) in [6.45, 7) is 12.6. The molecule has 0 bridgehead atoms. The summed E-state index contributed by atoms with van der Waals surface area (Å²) in [6, 6.07) is 11.7. The standard InChI is InChI=1S/C26H32N2S/c1-8-28-24-14-23-18(12-21(24)19(16-29)15-25(28,2)3)11-17-9-10-20(27(6)7)13-22(17)26(23,4)5/h9-15H,8,16H2,1-7H3/p+1. The molecule has 0 saturated carbocycles. The van der Waals surface area contributed by atoms with E-state index in [1.807, 2.05) is 0 Å². The second-order valence-corrected chi connectivity index (χ2v) is 9.93. The van der Waals surface area contributed by atoms with Crippen LogP contribution >= 0.6 is 12.6 Å². The molecule has 0 aromatic heterocycles. The summed E-state index contributed by atoms with van der Waals surface area (Å²) in [4.78, 5) is 2.18. The molecule has 1 aliphatic heterocycles. The zero-order valence-electron chi connectivity index (χ0n) is 18.8. The van der Waals surface area contributed by atoms with E-state index in [1.54, 1.807) is 0 Å². The number of benzene rings is 2. The minimum Gasteiger partial charge on any atom is -0.378 e. The van der Waals surface area contributed by atoms with Crippen molar-refractivity contribution >= 4 is 30.0 Å². The lowest BCUT2D eigenvalue weighted by Gasteiger charge is -2.33. The van der Waals surface area contributed by atoms with Crippen LogP contribution in [-0.4, -0.2) is 31.9 Å². The lowest BCUT2D eigenvalue weighted by atomic mass is 9.71. The Morgan fingerprint density at radius 3 is 2.34 bits per heavy atom. The third-order valence-electron chi connectivity index (χ3n) is 6.73. The van der Waals surface area contributed by atoms with Crippen LogP contribution < -0.4 is 20.1 Å². The molecular weight excluding hydrogens is 372 g/mol. The first-order chi connectivity index (χ1) is 13.6. The van der Waals surface area contributed by atoms with E-state index < -0.39 is 0 Å². The van der Waals surface area contributed by atoms with Crippen LogP contribution in [0.2, 0.25) is 0 Å². The number of likely N-dealkylation sites (N-methyl/N-ethyl adjacent to an activating group) is 1. The number of hydrogen-bond donors (Lipinski definition) is 1. The van der Waals surface area contributed by atoms with Crippen LogP contribution in [0, 0.1) is 0 Å². The molecule has 1 heterocycles. The molecule has 2 aromatic carbocycles. The molecule has 4 rings (SSSR count). The normalized spacial score (nSPS) is 18.2. The number of nitrogens with zero attached hydrogens (tertiary/aromatic N) is 2. The average molecular weight is 406 g/mol. The fourth-order valence-corrected chi connectivity index (χ4v) is 5.41. The number of rotatable bonds is 3. The minimum atomic E-state index is -0.0493. The van der Waals surface area contributed by atoms with Gasteiger partial charge in [-0.25, -0.2) is 4.58 Å². The van der Waals surface area contributed by atoms with Crippen molar-refractivity contribution in [2.45, 2.75) is 45.6 Å². The largest absolute Gasteiger partial charge is 0.378 e. The molecule has 2 aliphatic rings. The van der Waals surface area contributed by atoms with Crippen LogP contribution in [-0.2, 0) is 5.41 Å². The number of hydrogen-bond acceptors (Lipinski definition) is 2. The van der Waals surface area contributed by atoms with E-state index >= 15 is 0 Å². The molecular formula is C26H33N2S+. The number of thiol groups is 1. The molecule has 0 radical (unpaired) electrons. The van der Waals surface area contributed by atoms with E-state index in [0.717, 1.165) is 12.3 Å². The first-order valence-electron chi connectivity index (χ1n) is 10.6. The Morgan fingerprint density at radius 2 is 1.72 bits per heavy atom. The fraction of sp³-hybridized carbons (Fsp3) is 0.423. The minimum absolute atomic E-state index is 0.00737. The molecule has 0 N–H and O–H groups in total. The summed E-state index contributed by atoms with van der Waals surface area (Å²) < 4.78 is 2.53. The SMILES string of the molecule is CC[N+]1=c2cc3c(cc2C(CS)=CC1(C)C)=Cc1ccc(N(C)C)cc1C3(C)C. The van der Waals surface area contributed by atoms with Gasteiger partial charge in [-0.3, -0.25) is 0 Å². The molecule has 0 atom stereocenters. The molecule has 29 heavy (non-hydrogen) atoms. The van der Waals surface area contributed by atoms with Gasteiger partial charge >= 0.3 is 0 Å². The number of anilines is 1.